The predicted molar refractivity (Wildman–Crippen MR) is 111 cm³/mol. The highest BCUT2D eigenvalue weighted by Crippen LogP contribution is 2.28. The summed E-state index contributed by atoms with van der Waals surface area (Å²) < 4.78 is 34.4. The normalized spacial score (nSPS) is 11.5. The molecule has 2 heterocycles. The number of nitrogens with one attached hydrogen (secondary N) is 1. The molecular formula is C21H25F2N4OS. The number of thioether (sulfide) groups is 1. The molecule has 0 saturated carbocycles. The Bertz CT molecular complexity index is 1010. The maximum absolute atomic E-state index is 13.7. The number of benzene rings is 1. The molecule has 0 fully saturated rings. The van der Waals surface area contributed by atoms with E-state index in [0.29, 0.717) is 23.6 Å². The van der Waals surface area contributed by atoms with Gasteiger partial charge >= 0.3 is 0 Å². The van der Waals surface area contributed by atoms with Crippen LogP contribution in [0.1, 0.15) is 36.8 Å². The third kappa shape index (κ3) is 4.87. The first-order valence-electron chi connectivity index (χ1n) is 9.65. The SMILES string of the molecule is CCOCc1nc2c([NH])nc(C)c(C)c2n1CCCCSc1ccc(F)cc1F. The molecule has 3 aromatic rings. The van der Waals surface area contributed by atoms with Crippen molar-refractivity contribution in [2.75, 3.05) is 12.4 Å². The van der Waals surface area contributed by atoms with Gasteiger partial charge in [0.1, 0.15) is 29.6 Å². The summed E-state index contributed by atoms with van der Waals surface area (Å²) in [6.45, 7) is 7.55. The molecule has 1 aromatic carbocycles. The van der Waals surface area contributed by atoms with E-state index in [9.17, 15) is 8.78 Å². The number of hydrogen-bond donors (Lipinski definition) is 0. The highest BCUT2D eigenvalue weighted by molar-refractivity contribution is 7.99. The molecule has 0 saturated heterocycles. The van der Waals surface area contributed by atoms with E-state index in [1.165, 1.54) is 23.9 Å². The third-order valence-electron chi connectivity index (χ3n) is 4.81. The molecule has 0 aliphatic rings. The molecule has 0 bridgehead atoms. The Hall–Kier alpha value is -2.19. The Labute approximate surface area is 173 Å². The fraction of sp³-hybridized carbons (Fsp3) is 0.429. The second kappa shape index (κ2) is 9.54. The second-order valence-corrected chi connectivity index (χ2v) is 7.95. The standard InChI is InChI=1S/C21H25F2N4OS/c1-4-28-12-18-26-19-20(13(2)14(3)25-21(19)24)27(18)9-5-6-10-29-17-8-7-15(22)11-16(17)23/h7-8,11,24H,4-6,9-10,12H2,1-3H3. The van der Waals surface area contributed by atoms with Crippen LogP contribution in [0, 0.1) is 25.5 Å². The van der Waals surface area contributed by atoms with Gasteiger partial charge in [-0.1, -0.05) is 0 Å². The molecule has 1 radical (unpaired) electrons. The Kier molecular flexibility index (Phi) is 7.08. The van der Waals surface area contributed by atoms with Crippen molar-refractivity contribution in [2.24, 2.45) is 0 Å². The van der Waals surface area contributed by atoms with Gasteiger partial charge < -0.3 is 9.30 Å². The summed E-state index contributed by atoms with van der Waals surface area (Å²) in [5, 5.41) is 0. The Morgan fingerprint density at radius 1 is 1.17 bits per heavy atom. The van der Waals surface area contributed by atoms with Crippen molar-refractivity contribution in [1.82, 2.24) is 20.3 Å². The number of hydrogen-bond acceptors (Lipinski definition) is 4. The summed E-state index contributed by atoms with van der Waals surface area (Å²) in [7, 11) is 0. The number of nitrogens with zero attached hydrogens (tertiary/aromatic N) is 3. The van der Waals surface area contributed by atoms with E-state index < -0.39 is 11.6 Å². The minimum Gasteiger partial charge on any atom is -0.374 e. The number of ether oxygens (including phenoxy) is 1. The second-order valence-electron chi connectivity index (χ2n) is 6.82. The van der Waals surface area contributed by atoms with Gasteiger partial charge in [-0.25, -0.2) is 18.7 Å². The van der Waals surface area contributed by atoms with Crippen LogP contribution in [0.15, 0.2) is 23.1 Å². The van der Waals surface area contributed by atoms with Crippen molar-refractivity contribution >= 4 is 28.6 Å². The minimum absolute atomic E-state index is 0.182. The Balaban J connectivity index is 1.71. The molecule has 155 valence electrons. The molecule has 0 spiro atoms. The fourth-order valence-electron chi connectivity index (χ4n) is 3.21. The van der Waals surface area contributed by atoms with Crippen LogP contribution in [-0.4, -0.2) is 26.9 Å². The van der Waals surface area contributed by atoms with Crippen molar-refractivity contribution in [1.29, 1.82) is 0 Å². The lowest BCUT2D eigenvalue weighted by Crippen LogP contribution is -2.07. The van der Waals surface area contributed by atoms with Gasteiger partial charge in [0.2, 0.25) is 0 Å². The molecule has 0 amide bonds. The molecule has 2 aromatic heterocycles. The number of rotatable bonds is 9. The van der Waals surface area contributed by atoms with Crippen LogP contribution in [0.25, 0.3) is 11.0 Å². The molecule has 0 atom stereocenters. The molecule has 3 rings (SSSR count). The highest BCUT2D eigenvalue weighted by Gasteiger charge is 2.17. The topological polar surface area (TPSA) is 63.7 Å². The Morgan fingerprint density at radius 3 is 2.69 bits per heavy atom. The molecular weight excluding hydrogens is 394 g/mol. The van der Waals surface area contributed by atoms with Crippen LogP contribution in [0.4, 0.5) is 14.6 Å². The lowest BCUT2D eigenvalue weighted by atomic mass is 10.2. The predicted octanol–water partition coefficient (Wildman–Crippen LogP) is 5.35. The number of unbranched alkanes of at least 4 members (excludes halogenated alkanes) is 1. The molecule has 1 N–H and O–H groups in total. The van der Waals surface area contributed by atoms with Gasteiger partial charge in [-0.2, -0.15) is 0 Å². The number of pyridine rings is 1. The zero-order valence-electron chi connectivity index (χ0n) is 16.9. The van der Waals surface area contributed by atoms with Gasteiger partial charge in [0.25, 0.3) is 0 Å². The quantitative estimate of drug-likeness (QED) is 0.346. The van der Waals surface area contributed by atoms with E-state index in [-0.39, 0.29) is 5.82 Å². The van der Waals surface area contributed by atoms with Crippen LogP contribution < -0.4 is 5.73 Å². The first-order valence-corrected chi connectivity index (χ1v) is 10.6. The van der Waals surface area contributed by atoms with Crippen molar-refractivity contribution in [2.45, 2.75) is 51.7 Å². The van der Waals surface area contributed by atoms with Crippen LogP contribution in [-0.2, 0) is 17.9 Å². The average molecular weight is 420 g/mol. The largest absolute Gasteiger partial charge is 0.374 e. The summed E-state index contributed by atoms with van der Waals surface area (Å²) in [5.41, 5.74) is 11.6. The minimum atomic E-state index is -0.561. The zero-order valence-corrected chi connectivity index (χ0v) is 17.7. The van der Waals surface area contributed by atoms with Crippen LogP contribution in [0.3, 0.4) is 0 Å². The average Bonchev–Trinajstić information content (AvgIpc) is 3.05. The van der Waals surface area contributed by atoms with Crippen molar-refractivity contribution in [3.8, 4) is 0 Å². The number of imidazole rings is 1. The summed E-state index contributed by atoms with van der Waals surface area (Å²) in [6, 6.07) is 3.67. The van der Waals surface area contributed by atoms with Gasteiger partial charge in [-0.3, -0.25) is 5.73 Å². The molecule has 8 heteroatoms. The van der Waals surface area contributed by atoms with Crippen LogP contribution in [0.2, 0.25) is 0 Å². The molecule has 0 unspecified atom stereocenters. The Morgan fingerprint density at radius 2 is 1.97 bits per heavy atom. The molecule has 0 aliphatic carbocycles. The molecule has 5 nitrogen and oxygen atoms in total. The number of fused-ring (bicyclic) bond motifs is 1. The molecule has 29 heavy (non-hydrogen) atoms. The number of halogens is 2. The summed E-state index contributed by atoms with van der Waals surface area (Å²) in [6.07, 6.45) is 1.74. The molecule has 0 aliphatic heterocycles. The zero-order chi connectivity index (χ0) is 21.0. The third-order valence-corrected chi connectivity index (χ3v) is 5.95. The number of aromatic nitrogens is 3. The first kappa shape index (κ1) is 21.5. The fourth-order valence-corrected chi connectivity index (χ4v) is 4.14. The summed E-state index contributed by atoms with van der Waals surface area (Å²) >= 11 is 1.39. The van der Waals surface area contributed by atoms with Gasteiger partial charge in [0, 0.05) is 29.8 Å². The first-order chi connectivity index (χ1) is 13.9. The smallest absolute Gasteiger partial charge is 0.173 e. The summed E-state index contributed by atoms with van der Waals surface area (Å²) in [5.74, 6) is 0.634. The van der Waals surface area contributed by atoms with E-state index in [2.05, 4.69) is 14.5 Å². The van der Waals surface area contributed by atoms with E-state index >= 15 is 0 Å². The van der Waals surface area contributed by atoms with E-state index in [1.807, 2.05) is 20.8 Å². The van der Waals surface area contributed by atoms with E-state index in [1.54, 1.807) is 0 Å². The van der Waals surface area contributed by atoms with E-state index in [0.717, 1.165) is 53.8 Å². The van der Waals surface area contributed by atoms with Crippen molar-refractivity contribution < 1.29 is 13.5 Å². The highest BCUT2D eigenvalue weighted by atomic mass is 32.2. The van der Waals surface area contributed by atoms with Crippen LogP contribution >= 0.6 is 11.8 Å². The maximum atomic E-state index is 13.7. The lowest BCUT2D eigenvalue weighted by Gasteiger charge is -2.12. The monoisotopic (exact) mass is 419 g/mol. The van der Waals surface area contributed by atoms with Gasteiger partial charge in [0.15, 0.2) is 5.82 Å². The van der Waals surface area contributed by atoms with Crippen molar-refractivity contribution in [3.05, 3.63) is 46.9 Å². The number of aryl methyl sites for hydroxylation is 3. The van der Waals surface area contributed by atoms with Gasteiger partial charge in [0.05, 0.1) is 5.52 Å². The van der Waals surface area contributed by atoms with E-state index in [4.69, 9.17) is 10.5 Å². The summed E-state index contributed by atoms with van der Waals surface area (Å²) in [4.78, 5) is 9.36. The van der Waals surface area contributed by atoms with Gasteiger partial charge in [-0.05, 0) is 57.1 Å². The van der Waals surface area contributed by atoms with Gasteiger partial charge in [-0.15, -0.1) is 11.8 Å². The lowest BCUT2D eigenvalue weighted by molar-refractivity contribution is 0.126. The van der Waals surface area contributed by atoms with Crippen molar-refractivity contribution in [3.63, 3.8) is 0 Å². The van der Waals surface area contributed by atoms with Crippen LogP contribution in [0.5, 0.6) is 0 Å². The maximum Gasteiger partial charge on any atom is 0.173 e.